The average molecular weight is 232 g/mol. The number of ether oxygens (including phenoxy) is 1. The molecule has 0 spiro atoms. The fourth-order valence-electron chi connectivity index (χ4n) is 2.36. The third-order valence-corrected chi connectivity index (χ3v) is 3.82. The lowest BCUT2D eigenvalue weighted by Crippen LogP contribution is -2.37. The normalized spacial score (nSPS) is 28.3. The number of hydrogen-bond acceptors (Lipinski definition) is 2. The number of alkyl halides is 1. The van der Waals surface area contributed by atoms with Crippen molar-refractivity contribution in [3.63, 3.8) is 0 Å². The molecule has 2 rings (SSSR count). The van der Waals surface area contributed by atoms with E-state index in [4.69, 9.17) is 16.3 Å². The smallest absolute Gasteiger partial charge is 0.225 e. The minimum atomic E-state index is 0.202. The first-order valence-electron chi connectivity index (χ1n) is 5.73. The topological polar surface area (TPSA) is 29.5 Å². The summed E-state index contributed by atoms with van der Waals surface area (Å²) in [5, 5.41) is 0. The number of rotatable bonds is 2. The molecule has 3 nitrogen and oxygen atoms in total. The maximum atomic E-state index is 12.1. The Kier molecular flexibility index (Phi) is 3.87. The van der Waals surface area contributed by atoms with Gasteiger partial charge in [-0.2, -0.15) is 0 Å². The van der Waals surface area contributed by atoms with Crippen LogP contribution in [0.1, 0.15) is 19.3 Å². The summed E-state index contributed by atoms with van der Waals surface area (Å²) in [6.07, 6.45) is 2.85. The molecule has 2 aliphatic heterocycles. The lowest BCUT2D eigenvalue weighted by molar-refractivity contribution is -0.137. The lowest BCUT2D eigenvalue weighted by Gasteiger charge is -2.26. The van der Waals surface area contributed by atoms with Crippen LogP contribution in [0, 0.1) is 11.8 Å². The van der Waals surface area contributed by atoms with E-state index in [0.717, 1.165) is 45.6 Å². The zero-order valence-corrected chi connectivity index (χ0v) is 9.71. The van der Waals surface area contributed by atoms with Crippen LogP contribution in [0.2, 0.25) is 0 Å². The Labute approximate surface area is 95.7 Å². The molecule has 1 unspecified atom stereocenters. The molecular formula is C11H18ClNO2. The van der Waals surface area contributed by atoms with Gasteiger partial charge in [-0.15, -0.1) is 11.6 Å². The Morgan fingerprint density at radius 3 is 2.67 bits per heavy atom. The molecule has 2 aliphatic rings. The monoisotopic (exact) mass is 231 g/mol. The van der Waals surface area contributed by atoms with Gasteiger partial charge in [-0.25, -0.2) is 0 Å². The zero-order chi connectivity index (χ0) is 10.7. The van der Waals surface area contributed by atoms with Crippen LogP contribution in [-0.2, 0) is 9.53 Å². The largest absolute Gasteiger partial charge is 0.381 e. The van der Waals surface area contributed by atoms with Crippen LogP contribution in [0.4, 0.5) is 0 Å². The fourth-order valence-corrected chi connectivity index (χ4v) is 2.61. The summed E-state index contributed by atoms with van der Waals surface area (Å²) in [6.45, 7) is 3.24. The third kappa shape index (κ3) is 2.64. The molecule has 2 heterocycles. The quantitative estimate of drug-likeness (QED) is 0.675. The van der Waals surface area contributed by atoms with Gasteiger partial charge in [0.1, 0.15) is 0 Å². The highest BCUT2D eigenvalue weighted by Crippen LogP contribution is 2.23. The molecule has 0 aromatic rings. The van der Waals surface area contributed by atoms with Gasteiger partial charge in [0.25, 0.3) is 0 Å². The molecule has 15 heavy (non-hydrogen) atoms. The summed E-state index contributed by atoms with van der Waals surface area (Å²) in [5.74, 6) is 1.71. The van der Waals surface area contributed by atoms with Gasteiger partial charge in [-0.1, -0.05) is 0 Å². The summed E-state index contributed by atoms with van der Waals surface area (Å²) >= 11 is 5.81. The molecule has 86 valence electrons. The number of likely N-dealkylation sites (tertiary alicyclic amines) is 1. The standard InChI is InChI=1S/C11H18ClNO2/c12-7-9-1-4-13(8-9)11(14)10-2-5-15-6-3-10/h9-10H,1-8H2. The maximum absolute atomic E-state index is 12.1. The summed E-state index contributed by atoms with van der Waals surface area (Å²) in [6, 6.07) is 0. The van der Waals surface area contributed by atoms with Crippen molar-refractivity contribution >= 4 is 17.5 Å². The van der Waals surface area contributed by atoms with Gasteiger partial charge in [0.2, 0.25) is 5.91 Å². The van der Waals surface area contributed by atoms with Crippen LogP contribution in [0.3, 0.4) is 0 Å². The molecule has 2 fully saturated rings. The summed E-state index contributed by atoms with van der Waals surface area (Å²) < 4.78 is 5.26. The van der Waals surface area contributed by atoms with Crippen LogP contribution in [-0.4, -0.2) is 43.0 Å². The van der Waals surface area contributed by atoms with E-state index in [1.165, 1.54) is 0 Å². The van der Waals surface area contributed by atoms with Gasteiger partial charge in [-0.05, 0) is 25.2 Å². The summed E-state index contributed by atoms with van der Waals surface area (Å²) in [5.41, 5.74) is 0. The second-order valence-corrected chi connectivity index (χ2v) is 4.79. The van der Waals surface area contributed by atoms with Crippen molar-refractivity contribution in [3.05, 3.63) is 0 Å². The van der Waals surface area contributed by atoms with E-state index in [1.54, 1.807) is 0 Å². The second-order valence-electron chi connectivity index (χ2n) is 4.48. The Hall–Kier alpha value is -0.280. The van der Waals surface area contributed by atoms with Gasteiger partial charge in [0.05, 0.1) is 0 Å². The molecule has 4 heteroatoms. The Morgan fingerprint density at radius 2 is 2.07 bits per heavy atom. The van der Waals surface area contributed by atoms with E-state index in [9.17, 15) is 4.79 Å². The molecule has 1 atom stereocenters. The molecule has 0 saturated carbocycles. The maximum Gasteiger partial charge on any atom is 0.225 e. The van der Waals surface area contributed by atoms with Gasteiger partial charge in [0, 0.05) is 38.1 Å². The van der Waals surface area contributed by atoms with Crippen molar-refractivity contribution in [2.75, 3.05) is 32.2 Å². The van der Waals surface area contributed by atoms with E-state index in [0.29, 0.717) is 17.7 Å². The van der Waals surface area contributed by atoms with E-state index >= 15 is 0 Å². The van der Waals surface area contributed by atoms with Gasteiger partial charge in [0.15, 0.2) is 0 Å². The molecule has 0 N–H and O–H groups in total. The number of nitrogens with zero attached hydrogens (tertiary/aromatic N) is 1. The molecular weight excluding hydrogens is 214 g/mol. The molecule has 0 aliphatic carbocycles. The molecule has 0 aromatic heterocycles. The van der Waals surface area contributed by atoms with Gasteiger partial charge >= 0.3 is 0 Å². The summed E-state index contributed by atoms with van der Waals surface area (Å²) in [7, 11) is 0. The predicted octanol–water partition coefficient (Wildman–Crippen LogP) is 1.50. The first-order chi connectivity index (χ1) is 7.31. The van der Waals surface area contributed by atoms with Crippen LogP contribution in [0.15, 0.2) is 0 Å². The van der Waals surface area contributed by atoms with Gasteiger partial charge < -0.3 is 9.64 Å². The predicted molar refractivity (Wildman–Crippen MR) is 59.0 cm³/mol. The highest BCUT2D eigenvalue weighted by molar-refractivity contribution is 6.18. The molecule has 2 saturated heterocycles. The van der Waals surface area contributed by atoms with E-state index in [2.05, 4.69) is 0 Å². The number of halogens is 1. The Balaban J connectivity index is 1.85. The number of hydrogen-bond donors (Lipinski definition) is 0. The van der Waals surface area contributed by atoms with Crippen molar-refractivity contribution in [3.8, 4) is 0 Å². The molecule has 0 aromatic carbocycles. The van der Waals surface area contributed by atoms with Crippen LogP contribution < -0.4 is 0 Å². The Morgan fingerprint density at radius 1 is 1.33 bits per heavy atom. The van der Waals surface area contributed by atoms with Crippen molar-refractivity contribution in [1.82, 2.24) is 4.90 Å². The fraction of sp³-hybridized carbons (Fsp3) is 0.909. The number of amides is 1. The lowest BCUT2D eigenvalue weighted by atomic mass is 9.99. The minimum absolute atomic E-state index is 0.202. The SMILES string of the molecule is O=C(C1CCOCC1)N1CCC(CCl)C1. The van der Waals surface area contributed by atoms with Crippen LogP contribution in [0.5, 0.6) is 0 Å². The van der Waals surface area contributed by atoms with E-state index in [-0.39, 0.29) is 5.92 Å². The summed E-state index contributed by atoms with van der Waals surface area (Å²) in [4.78, 5) is 14.1. The van der Waals surface area contributed by atoms with Crippen molar-refractivity contribution < 1.29 is 9.53 Å². The molecule has 0 radical (unpaired) electrons. The molecule has 0 bridgehead atoms. The van der Waals surface area contributed by atoms with E-state index in [1.807, 2.05) is 4.90 Å². The average Bonchev–Trinajstić information content (AvgIpc) is 2.78. The first-order valence-corrected chi connectivity index (χ1v) is 6.27. The molecule has 1 amide bonds. The minimum Gasteiger partial charge on any atom is -0.381 e. The van der Waals surface area contributed by atoms with Crippen LogP contribution >= 0.6 is 11.6 Å². The second kappa shape index (κ2) is 5.17. The van der Waals surface area contributed by atoms with Crippen LogP contribution in [0.25, 0.3) is 0 Å². The first kappa shape index (κ1) is 11.2. The third-order valence-electron chi connectivity index (χ3n) is 3.39. The van der Waals surface area contributed by atoms with Crippen molar-refractivity contribution in [1.29, 1.82) is 0 Å². The van der Waals surface area contributed by atoms with Crippen molar-refractivity contribution in [2.45, 2.75) is 19.3 Å². The highest BCUT2D eigenvalue weighted by atomic mass is 35.5. The highest BCUT2D eigenvalue weighted by Gasteiger charge is 2.31. The number of carbonyl (C=O) groups is 1. The number of carbonyl (C=O) groups excluding carboxylic acids is 1. The Bertz CT molecular complexity index is 229. The van der Waals surface area contributed by atoms with Gasteiger partial charge in [-0.3, -0.25) is 4.79 Å². The van der Waals surface area contributed by atoms with E-state index < -0.39 is 0 Å². The van der Waals surface area contributed by atoms with Crippen molar-refractivity contribution in [2.24, 2.45) is 11.8 Å². The zero-order valence-electron chi connectivity index (χ0n) is 8.95.